The van der Waals surface area contributed by atoms with Crippen LogP contribution in [0.25, 0.3) is 0 Å². The summed E-state index contributed by atoms with van der Waals surface area (Å²) in [4.78, 5) is 18.9. The number of halogens is 1. The molecule has 0 aliphatic carbocycles. The van der Waals surface area contributed by atoms with Gasteiger partial charge in [-0.05, 0) is 47.7 Å². The Hall–Kier alpha value is -1.14. The summed E-state index contributed by atoms with van der Waals surface area (Å²) in [6.07, 6.45) is 3.70. The molecule has 0 radical (unpaired) electrons. The number of rotatable bonds is 5. The molecule has 1 fully saturated rings. The molecule has 5 nitrogen and oxygen atoms in total. The van der Waals surface area contributed by atoms with Gasteiger partial charge >= 0.3 is 0 Å². The van der Waals surface area contributed by atoms with Crippen molar-refractivity contribution in [1.82, 2.24) is 9.88 Å². The number of hydrogen-bond donors (Lipinski definition) is 1. The molecule has 1 aromatic rings. The fourth-order valence-corrected chi connectivity index (χ4v) is 2.95. The SMILES string of the molecule is CCNc1ncc(Br)cc1C(=O)N1CCC(COC)CC1. The van der Waals surface area contributed by atoms with Gasteiger partial charge in [-0.3, -0.25) is 4.79 Å². The maximum Gasteiger partial charge on any atom is 0.257 e. The molecule has 21 heavy (non-hydrogen) atoms. The van der Waals surface area contributed by atoms with Gasteiger partial charge in [0.05, 0.1) is 5.56 Å². The van der Waals surface area contributed by atoms with Crippen molar-refractivity contribution in [2.45, 2.75) is 19.8 Å². The van der Waals surface area contributed by atoms with Crippen molar-refractivity contribution in [2.75, 3.05) is 38.7 Å². The van der Waals surface area contributed by atoms with E-state index in [1.807, 2.05) is 17.9 Å². The summed E-state index contributed by atoms with van der Waals surface area (Å²) in [6, 6.07) is 1.84. The summed E-state index contributed by atoms with van der Waals surface area (Å²) >= 11 is 3.39. The molecule has 0 bridgehead atoms. The molecule has 0 unspecified atom stereocenters. The van der Waals surface area contributed by atoms with Crippen LogP contribution in [0.1, 0.15) is 30.1 Å². The number of anilines is 1. The predicted molar refractivity (Wildman–Crippen MR) is 86.6 cm³/mol. The molecule has 1 aliphatic rings. The lowest BCUT2D eigenvalue weighted by atomic mass is 9.97. The van der Waals surface area contributed by atoms with Gasteiger partial charge in [0.1, 0.15) is 5.82 Å². The molecule has 2 heterocycles. The number of nitrogens with zero attached hydrogens (tertiary/aromatic N) is 2. The van der Waals surface area contributed by atoms with Crippen molar-refractivity contribution in [3.8, 4) is 0 Å². The van der Waals surface area contributed by atoms with E-state index < -0.39 is 0 Å². The minimum Gasteiger partial charge on any atom is -0.384 e. The Bertz CT molecular complexity index is 488. The average Bonchev–Trinajstić information content (AvgIpc) is 2.50. The first-order valence-electron chi connectivity index (χ1n) is 7.33. The molecular formula is C15H22BrN3O2. The third-order valence-corrected chi connectivity index (χ3v) is 4.17. The van der Waals surface area contributed by atoms with Gasteiger partial charge in [-0.15, -0.1) is 0 Å². The van der Waals surface area contributed by atoms with Crippen LogP contribution in [0, 0.1) is 5.92 Å². The molecule has 116 valence electrons. The maximum absolute atomic E-state index is 12.7. The second kappa shape index (κ2) is 7.75. The van der Waals surface area contributed by atoms with Crippen molar-refractivity contribution >= 4 is 27.7 Å². The first-order chi connectivity index (χ1) is 10.2. The van der Waals surface area contributed by atoms with Crippen LogP contribution in [0.15, 0.2) is 16.7 Å². The van der Waals surface area contributed by atoms with Crippen molar-refractivity contribution in [3.63, 3.8) is 0 Å². The Kier molecular flexibility index (Phi) is 5.99. The standard InChI is InChI=1S/C15H22BrN3O2/c1-3-17-14-13(8-12(16)9-18-14)15(20)19-6-4-11(5-7-19)10-21-2/h8-9,11H,3-7,10H2,1-2H3,(H,17,18). The van der Waals surface area contributed by atoms with E-state index in [9.17, 15) is 4.79 Å². The number of nitrogens with one attached hydrogen (secondary N) is 1. The minimum absolute atomic E-state index is 0.0515. The van der Waals surface area contributed by atoms with Crippen LogP contribution < -0.4 is 5.32 Å². The number of carbonyl (C=O) groups is 1. The van der Waals surface area contributed by atoms with Gasteiger partial charge in [0.2, 0.25) is 0 Å². The van der Waals surface area contributed by atoms with Crippen molar-refractivity contribution in [3.05, 3.63) is 22.3 Å². The maximum atomic E-state index is 12.7. The number of likely N-dealkylation sites (tertiary alicyclic amines) is 1. The second-order valence-corrected chi connectivity index (χ2v) is 6.19. The van der Waals surface area contributed by atoms with Gasteiger partial charge in [-0.1, -0.05) is 0 Å². The Morgan fingerprint density at radius 2 is 2.24 bits per heavy atom. The zero-order valence-electron chi connectivity index (χ0n) is 12.6. The normalized spacial score (nSPS) is 16.0. The number of amides is 1. The van der Waals surface area contributed by atoms with E-state index in [0.717, 1.165) is 43.6 Å². The molecule has 0 aromatic carbocycles. The lowest BCUT2D eigenvalue weighted by molar-refractivity contribution is 0.0614. The van der Waals surface area contributed by atoms with E-state index in [1.165, 1.54) is 0 Å². The highest BCUT2D eigenvalue weighted by Crippen LogP contribution is 2.23. The van der Waals surface area contributed by atoms with E-state index in [2.05, 4.69) is 26.2 Å². The van der Waals surface area contributed by atoms with Gasteiger partial charge in [-0.2, -0.15) is 0 Å². The van der Waals surface area contributed by atoms with Crippen molar-refractivity contribution in [1.29, 1.82) is 0 Å². The van der Waals surface area contributed by atoms with Crippen molar-refractivity contribution in [2.24, 2.45) is 5.92 Å². The highest BCUT2D eigenvalue weighted by atomic mass is 79.9. The second-order valence-electron chi connectivity index (χ2n) is 5.27. The quantitative estimate of drug-likeness (QED) is 0.882. The number of ether oxygens (including phenoxy) is 1. The number of methoxy groups -OCH3 is 1. The lowest BCUT2D eigenvalue weighted by Gasteiger charge is -2.32. The van der Waals surface area contributed by atoms with E-state index in [-0.39, 0.29) is 5.91 Å². The highest BCUT2D eigenvalue weighted by Gasteiger charge is 2.25. The van der Waals surface area contributed by atoms with Crippen LogP contribution in [-0.4, -0.2) is 49.1 Å². The number of aromatic nitrogens is 1. The van der Waals surface area contributed by atoms with E-state index in [1.54, 1.807) is 13.3 Å². The largest absolute Gasteiger partial charge is 0.384 e. The Balaban J connectivity index is 2.08. The summed E-state index contributed by atoms with van der Waals surface area (Å²) in [5.41, 5.74) is 0.636. The first kappa shape index (κ1) is 16.2. The van der Waals surface area contributed by atoms with E-state index >= 15 is 0 Å². The number of pyridine rings is 1. The smallest absolute Gasteiger partial charge is 0.257 e. The third-order valence-electron chi connectivity index (χ3n) is 3.73. The lowest BCUT2D eigenvalue weighted by Crippen LogP contribution is -2.39. The minimum atomic E-state index is 0.0515. The van der Waals surface area contributed by atoms with Crippen LogP contribution in [-0.2, 0) is 4.74 Å². The van der Waals surface area contributed by atoms with Crippen molar-refractivity contribution < 1.29 is 9.53 Å². The molecule has 1 saturated heterocycles. The summed E-state index contributed by atoms with van der Waals surface area (Å²) in [5.74, 6) is 1.27. The summed E-state index contributed by atoms with van der Waals surface area (Å²) < 4.78 is 6.02. The monoisotopic (exact) mass is 355 g/mol. The molecule has 1 amide bonds. The van der Waals surface area contributed by atoms with Gasteiger partial charge in [0.15, 0.2) is 0 Å². The first-order valence-corrected chi connectivity index (χ1v) is 8.12. The molecule has 1 aromatic heterocycles. The molecule has 6 heteroatoms. The molecule has 0 spiro atoms. The number of hydrogen-bond acceptors (Lipinski definition) is 4. The Morgan fingerprint density at radius 3 is 2.86 bits per heavy atom. The molecule has 1 N–H and O–H groups in total. The van der Waals surface area contributed by atoms with Crippen LogP contribution in [0.4, 0.5) is 5.82 Å². The van der Waals surface area contributed by atoms with Crippen LogP contribution >= 0.6 is 15.9 Å². The predicted octanol–water partition coefficient (Wildman–Crippen LogP) is 2.77. The fraction of sp³-hybridized carbons (Fsp3) is 0.600. The zero-order valence-corrected chi connectivity index (χ0v) is 14.1. The third kappa shape index (κ3) is 4.17. The molecule has 0 atom stereocenters. The number of piperidine rings is 1. The van der Waals surface area contributed by atoms with E-state index in [0.29, 0.717) is 17.3 Å². The van der Waals surface area contributed by atoms with Gasteiger partial charge < -0.3 is 15.0 Å². The highest BCUT2D eigenvalue weighted by molar-refractivity contribution is 9.10. The Morgan fingerprint density at radius 1 is 1.52 bits per heavy atom. The van der Waals surface area contributed by atoms with Gasteiger partial charge in [0.25, 0.3) is 5.91 Å². The topological polar surface area (TPSA) is 54.5 Å². The van der Waals surface area contributed by atoms with Crippen LogP contribution in [0.5, 0.6) is 0 Å². The molecule has 0 saturated carbocycles. The molecule has 2 rings (SSSR count). The zero-order chi connectivity index (χ0) is 15.2. The number of carbonyl (C=O) groups excluding carboxylic acids is 1. The summed E-state index contributed by atoms with van der Waals surface area (Å²) in [6.45, 7) is 5.08. The average molecular weight is 356 g/mol. The summed E-state index contributed by atoms with van der Waals surface area (Å²) in [5, 5.41) is 3.15. The van der Waals surface area contributed by atoms with E-state index in [4.69, 9.17) is 4.74 Å². The molecular weight excluding hydrogens is 334 g/mol. The van der Waals surface area contributed by atoms with Crippen LogP contribution in [0.3, 0.4) is 0 Å². The molecule has 1 aliphatic heterocycles. The van der Waals surface area contributed by atoms with Crippen LogP contribution in [0.2, 0.25) is 0 Å². The Labute approximate surface area is 134 Å². The fourth-order valence-electron chi connectivity index (χ4n) is 2.62. The van der Waals surface area contributed by atoms with Gasteiger partial charge in [-0.25, -0.2) is 4.98 Å². The summed E-state index contributed by atoms with van der Waals surface area (Å²) in [7, 11) is 1.73. The van der Waals surface area contributed by atoms with Gasteiger partial charge in [0, 0.05) is 44.0 Å².